The predicted molar refractivity (Wildman–Crippen MR) is 78.8 cm³/mol. The summed E-state index contributed by atoms with van der Waals surface area (Å²) >= 11 is 0. The highest BCUT2D eigenvalue weighted by molar-refractivity contribution is 4.83. The molecule has 2 aliphatic rings. The van der Waals surface area contributed by atoms with Gasteiger partial charge >= 0.3 is 0 Å². The van der Waals surface area contributed by atoms with Crippen LogP contribution in [0.3, 0.4) is 0 Å². The Morgan fingerprint density at radius 2 is 1.72 bits per heavy atom. The molecule has 1 saturated heterocycles. The molecule has 1 N–H and O–H groups in total. The van der Waals surface area contributed by atoms with Gasteiger partial charge in [-0.1, -0.05) is 13.8 Å². The third-order valence-electron chi connectivity index (χ3n) is 5.07. The molecule has 0 aromatic heterocycles. The van der Waals surface area contributed by atoms with E-state index < -0.39 is 0 Å². The van der Waals surface area contributed by atoms with E-state index in [1.807, 2.05) is 0 Å². The lowest BCUT2D eigenvalue weighted by molar-refractivity contribution is 0.161. The van der Waals surface area contributed by atoms with Crippen LogP contribution in [0.4, 0.5) is 0 Å². The fourth-order valence-corrected chi connectivity index (χ4v) is 3.36. The first-order chi connectivity index (χ1) is 8.70. The van der Waals surface area contributed by atoms with Crippen LogP contribution in [0.1, 0.15) is 52.9 Å². The Morgan fingerprint density at radius 3 is 2.28 bits per heavy atom. The van der Waals surface area contributed by atoms with E-state index in [4.69, 9.17) is 0 Å². The van der Waals surface area contributed by atoms with E-state index in [1.165, 1.54) is 58.3 Å². The van der Waals surface area contributed by atoms with Crippen LogP contribution in [0.25, 0.3) is 0 Å². The van der Waals surface area contributed by atoms with Crippen LogP contribution in [-0.4, -0.2) is 37.1 Å². The van der Waals surface area contributed by atoms with Gasteiger partial charge in [0.05, 0.1) is 0 Å². The van der Waals surface area contributed by atoms with Crippen molar-refractivity contribution in [3.63, 3.8) is 0 Å². The summed E-state index contributed by atoms with van der Waals surface area (Å²) in [6.45, 7) is 12.3. The Morgan fingerprint density at radius 1 is 1.06 bits per heavy atom. The van der Waals surface area contributed by atoms with Gasteiger partial charge in [-0.2, -0.15) is 0 Å². The summed E-state index contributed by atoms with van der Waals surface area (Å²) in [7, 11) is 0. The summed E-state index contributed by atoms with van der Waals surface area (Å²) in [5.74, 6) is 2.84. The Bertz CT molecular complexity index is 229. The number of piperidine rings is 1. The highest BCUT2D eigenvalue weighted by atomic mass is 15.1. The average Bonchev–Trinajstić information content (AvgIpc) is 3.21. The zero-order valence-electron chi connectivity index (χ0n) is 12.6. The van der Waals surface area contributed by atoms with Gasteiger partial charge in [0.25, 0.3) is 0 Å². The monoisotopic (exact) mass is 252 g/mol. The topological polar surface area (TPSA) is 15.3 Å². The summed E-state index contributed by atoms with van der Waals surface area (Å²) in [5.41, 5.74) is 0. The molecule has 2 rings (SSSR count). The maximum atomic E-state index is 3.80. The molecule has 2 fully saturated rings. The van der Waals surface area contributed by atoms with Crippen molar-refractivity contribution >= 4 is 0 Å². The Hall–Kier alpha value is -0.0800. The standard InChI is InChI=1S/C16H32N2/c1-4-9-18-10-7-16(8-11-18)14(3)17-12-13(2)15-5-6-15/h13-17H,4-12H2,1-3H3. The molecular weight excluding hydrogens is 220 g/mol. The van der Waals surface area contributed by atoms with Gasteiger partial charge in [0.15, 0.2) is 0 Å². The Balaban J connectivity index is 1.62. The minimum Gasteiger partial charge on any atom is -0.314 e. The van der Waals surface area contributed by atoms with Crippen molar-refractivity contribution in [1.29, 1.82) is 0 Å². The Labute approximate surface area is 114 Å². The van der Waals surface area contributed by atoms with Crippen molar-refractivity contribution in [3.05, 3.63) is 0 Å². The number of rotatable bonds is 7. The van der Waals surface area contributed by atoms with Crippen LogP contribution in [-0.2, 0) is 0 Å². The maximum absolute atomic E-state index is 3.80. The van der Waals surface area contributed by atoms with Gasteiger partial charge in [-0.25, -0.2) is 0 Å². The van der Waals surface area contributed by atoms with E-state index in [2.05, 4.69) is 31.0 Å². The molecule has 1 saturated carbocycles. The molecule has 106 valence electrons. The van der Waals surface area contributed by atoms with Gasteiger partial charge in [0, 0.05) is 6.04 Å². The third-order valence-corrected chi connectivity index (χ3v) is 5.07. The number of hydrogen-bond acceptors (Lipinski definition) is 2. The molecule has 2 heteroatoms. The fraction of sp³-hybridized carbons (Fsp3) is 1.00. The lowest BCUT2D eigenvalue weighted by Crippen LogP contribution is -2.43. The molecule has 2 atom stereocenters. The Kier molecular flexibility index (Phi) is 5.50. The molecule has 2 unspecified atom stereocenters. The number of hydrogen-bond donors (Lipinski definition) is 1. The van der Waals surface area contributed by atoms with Crippen molar-refractivity contribution in [2.45, 2.75) is 58.9 Å². The fourth-order valence-electron chi connectivity index (χ4n) is 3.36. The molecule has 0 amide bonds. The van der Waals surface area contributed by atoms with Crippen LogP contribution in [0.5, 0.6) is 0 Å². The van der Waals surface area contributed by atoms with Crippen molar-refractivity contribution in [3.8, 4) is 0 Å². The lowest BCUT2D eigenvalue weighted by atomic mass is 9.90. The minimum absolute atomic E-state index is 0.718. The molecular formula is C16H32N2. The second-order valence-electron chi connectivity index (χ2n) is 6.69. The van der Waals surface area contributed by atoms with E-state index in [1.54, 1.807) is 0 Å². The molecule has 1 heterocycles. The normalized spacial score (nSPS) is 26.2. The first-order valence-electron chi connectivity index (χ1n) is 8.16. The van der Waals surface area contributed by atoms with Gasteiger partial charge in [-0.15, -0.1) is 0 Å². The molecule has 0 bridgehead atoms. The number of nitrogens with zero attached hydrogens (tertiary/aromatic N) is 1. The van der Waals surface area contributed by atoms with Crippen molar-refractivity contribution < 1.29 is 0 Å². The second kappa shape index (κ2) is 6.91. The summed E-state index contributed by atoms with van der Waals surface area (Å²) in [6.07, 6.45) is 7.05. The van der Waals surface area contributed by atoms with Crippen LogP contribution >= 0.6 is 0 Å². The number of likely N-dealkylation sites (tertiary alicyclic amines) is 1. The van der Waals surface area contributed by atoms with Crippen molar-refractivity contribution in [1.82, 2.24) is 10.2 Å². The first-order valence-corrected chi connectivity index (χ1v) is 8.16. The van der Waals surface area contributed by atoms with E-state index >= 15 is 0 Å². The molecule has 1 aliphatic carbocycles. The average molecular weight is 252 g/mol. The lowest BCUT2D eigenvalue weighted by Gasteiger charge is -2.35. The minimum atomic E-state index is 0.718. The van der Waals surface area contributed by atoms with E-state index in [0.29, 0.717) is 0 Å². The molecule has 1 aliphatic heterocycles. The van der Waals surface area contributed by atoms with Crippen molar-refractivity contribution in [2.75, 3.05) is 26.2 Å². The van der Waals surface area contributed by atoms with E-state index in [9.17, 15) is 0 Å². The molecule has 0 radical (unpaired) electrons. The highest BCUT2D eigenvalue weighted by Crippen LogP contribution is 2.36. The highest BCUT2D eigenvalue weighted by Gasteiger charge is 2.29. The third kappa shape index (κ3) is 4.24. The molecule has 2 nitrogen and oxygen atoms in total. The van der Waals surface area contributed by atoms with Gasteiger partial charge in [0.2, 0.25) is 0 Å². The first kappa shape index (κ1) is 14.3. The molecule has 0 aromatic rings. The van der Waals surface area contributed by atoms with Crippen LogP contribution < -0.4 is 5.32 Å². The van der Waals surface area contributed by atoms with Gasteiger partial charge in [0.1, 0.15) is 0 Å². The van der Waals surface area contributed by atoms with Gasteiger partial charge in [-0.05, 0) is 83.0 Å². The summed E-state index contributed by atoms with van der Waals surface area (Å²) in [6, 6.07) is 0.718. The van der Waals surface area contributed by atoms with Crippen molar-refractivity contribution in [2.24, 2.45) is 17.8 Å². The van der Waals surface area contributed by atoms with Gasteiger partial charge in [-0.3, -0.25) is 0 Å². The number of nitrogens with one attached hydrogen (secondary N) is 1. The zero-order valence-corrected chi connectivity index (χ0v) is 12.6. The second-order valence-corrected chi connectivity index (χ2v) is 6.69. The summed E-state index contributed by atoms with van der Waals surface area (Å²) in [5, 5.41) is 3.80. The van der Waals surface area contributed by atoms with E-state index in [-0.39, 0.29) is 0 Å². The predicted octanol–water partition coefficient (Wildman–Crippen LogP) is 3.13. The zero-order chi connectivity index (χ0) is 13.0. The quantitative estimate of drug-likeness (QED) is 0.749. The maximum Gasteiger partial charge on any atom is 0.00680 e. The smallest absolute Gasteiger partial charge is 0.00680 e. The molecule has 18 heavy (non-hydrogen) atoms. The van der Waals surface area contributed by atoms with Gasteiger partial charge < -0.3 is 10.2 Å². The largest absolute Gasteiger partial charge is 0.314 e. The van der Waals surface area contributed by atoms with E-state index in [0.717, 1.165) is 23.8 Å². The summed E-state index contributed by atoms with van der Waals surface area (Å²) < 4.78 is 0. The molecule has 0 spiro atoms. The summed E-state index contributed by atoms with van der Waals surface area (Å²) in [4.78, 5) is 2.63. The van der Waals surface area contributed by atoms with Crippen LogP contribution in [0.15, 0.2) is 0 Å². The molecule has 0 aromatic carbocycles. The van der Waals surface area contributed by atoms with Crippen LogP contribution in [0.2, 0.25) is 0 Å². The SMILES string of the molecule is CCCN1CCC(C(C)NCC(C)C2CC2)CC1. The van der Waals surface area contributed by atoms with Crippen LogP contribution in [0, 0.1) is 17.8 Å².